The van der Waals surface area contributed by atoms with Crippen LogP contribution in [0.25, 0.3) is 0 Å². The Bertz CT molecular complexity index is 261. The molecule has 0 amide bonds. The molecule has 1 N–H and O–H groups in total. The maximum atomic E-state index is 10.9. The van der Waals surface area contributed by atoms with Crippen LogP contribution in [-0.4, -0.2) is 42.6 Å². The van der Waals surface area contributed by atoms with Crippen LogP contribution < -0.4 is 0 Å². The second kappa shape index (κ2) is 5.37. The minimum atomic E-state index is -2.84. The largest absolute Gasteiger partial charge is 0.392 e. The first-order valence-electron chi connectivity index (χ1n) is 4.96. The summed E-state index contributed by atoms with van der Waals surface area (Å²) >= 11 is 1.60. The van der Waals surface area contributed by atoms with Crippen LogP contribution in [0.15, 0.2) is 0 Å². The van der Waals surface area contributed by atoms with Crippen molar-refractivity contribution in [2.75, 3.05) is 17.8 Å². The summed E-state index contributed by atoms with van der Waals surface area (Å²) in [5, 5.41) is 9.88. The molecule has 0 spiro atoms. The summed E-state index contributed by atoms with van der Waals surface area (Å²) in [5.41, 5.74) is 0. The van der Waals surface area contributed by atoms with Gasteiger partial charge in [-0.2, -0.15) is 11.8 Å². The lowest BCUT2D eigenvalue weighted by Crippen LogP contribution is -2.27. The fourth-order valence-electron chi connectivity index (χ4n) is 1.62. The van der Waals surface area contributed by atoms with Crippen LogP contribution in [0.5, 0.6) is 0 Å². The minimum Gasteiger partial charge on any atom is -0.392 e. The molecule has 0 unspecified atom stereocenters. The SMILES string of the molecule is CS(=O)(=O)CCS[C@H]1CCCC[C@@H]1O. The van der Waals surface area contributed by atoms with Crippen LogP contribution >= 0.6 is 11.8 Å². The van der Waals surface area contributed by atoms with Gasteiger partial charge >= 0.3 is 0 Å². The van der Waals surface area contributed by atoms with E-state index in [0.717, 1.165) is 25.7 Å². The van der Waals surface area contributed by atoms with Gasteiger partial charge in [0.25, 0.3) is 0 Å². The molecule has 5 heteroatoms. The van der Waals surface area contributed by atoms with Crippen molar-refractivity contribution < 1.29 is 13.5 Å². The van der Waals surface area contributed by atoms with Gasteiger partial charge in [-0.05, 0) is 12.8 Å². The summed E-state index contributed by atoms with van der Waals surface area (Å²) in [4.78, 5) is 0. The molecule has 0 aromatic carbocycles. The topological polar surface area (TPSA) is 54.4 Å². The quantitative estimate of drug-likeness (QED) is 0.796. The van der Waals surface area contributed by atoms with Gasteiger partial charge < -0.3 is 5.11 Å². The predicted molar refractivity (Wildman–Crippen MR) is 60.4 cm³/mol. The molecule has 14 heavy (non-hydrogen) atoms. The number of rotatable bonds is 4. The van der Waals surface area contributed by atoms with Gasteiger partial charge in [-0.25, -0.2) is 8.42 Å². The molecular weight excluding hydrogens is 220 g/mol. The normalized spacial score (nSPS) is 29.0. The Balaban J connectivity index is 2.23. The molecule has 2 atom stereocenters. The standard InChI is InChI=1S/C9H18O3S2/c1-14(11,12)7-6-13-9-5-3-2-4-8(9)10/h8-10H,2-7H2,1H3/t8-,9-/m0/s1. The first kappa shape index (κ1) is 12.3. The van der Waals surface area contributed by atoms with Gasteiger partial charge in [0, 0.05) is 17.3 Å². The molecule has 0 radical (unpaired) electrons. The molecule has 0 saturated heterocycles. The molecule has 0 heterocycles. The van der Waals surface area contributed by atoms with E-state index in [2.05, 4.69) is 0 Å². The highest BCUT2D eigenvalue weighted by atomic mass is 32.2. The van der Waals surface area contributed by atoms with Gasteiger partial charge in [0.05, 0.1) is 11.9 Å². The van der Waals surface area contributed by atoms with Crippen LogP contribution in [0.1, 0.15) is 25.7 Å². The second-order valence-corrected chi connectivity index (χ2v) is 7.50. The lowest BCUT2D eigenvalue weighted by atomic mass is 9.97. The molecule has 84 valence electrons. The average Bonchev–Trinajstić information content (AvgIpc) is 2.06. The number of aliphatic hydroxyl groups is 1. The molecule has 1 fully saturated rings. The lowest BCUT2D eigenvalue weighted by Gasteiger charge is -2.26. The predicted octanol–water partition coefficient (Wildman–Crippen LogP) is 1.07. The first-order chi connectivity index (χ1) is 6.49. The number of thioether (sulfide) groups is 1. The molecule has 0 bridgehead atoms. The Morgan fingerprint density at radius 2 is 2.00 bits per heavy atom. The minimum absolute atomic E-state index is 0.223. The number of aliphatic hydroxyl groups excluding tert-OH is 1. The van der Waals surface area contributed by atoms with Crippen molar-refractivity contribution in [2.24, 2.45) is 0 Å². The van der Waals surface area contributed by atoms with Crippen molar-refractivity contribution in [2.45, 2.75) is 37.0 Å². The monoisotopic (exact) mass is 238 g/mol. The van der Waals surface area contributed by atoms with E-state index in [1.165, 1.54) is 6.26 Å². The molecule has 0 aromatic rings. The summed E-state index contributed by atoms with van der Waals surface area (Å²) in [6.45, 7) is 0. The third-order valence-corrected chi connectivity index (χ3v) is 5.08. The van der Waals surface area contributed by atoms with Crippen molar-refractivity contribution in [1.29, 1.82) is 0 Å². The fourth-order valence-corrected chi connectivity index (χ4v) is 4.21. The zero-order valence-electron chi connectivity index (χ0n) is 8.48. The molecule has 3 nitrogen and oxygen atoms in total. The van der Waals surface area contributed by atoms with E-state index in [0.29, 0.717) is 5.75 Å². The van der Waals surface area contributed by atoms with E-state index in [4.69, 9.17) is 0 Å². The Kier molecular flexibility index (Phi) is 4.73. The van der Waals surface area contributed by atoms with Gasteiger partial charge in [-0.15, -0.1) is 0 Å². The Morgan fingerprint density at radius 3 is 2.57 bits per heavy atom. The maximum Gasteiger partial charge on any atom is 0.148 e. The number of sulfone groups is 1. The highest BCUT2D eigenvalue weighted by molar-refractivity contribution is 8.01. The maximum absolute atomic E-state index is 10.9. The lowest BCUT2D eigenvalue weighted by molar-refractivity contribution is 0.137. The summed E-state index contributed by atoms with van der Waals surface area (Å²) in [6, 6.07) is 0. The summed E-state index contributed by atoms with van der Waals surface area (Å²) in [5.74, 6) is 0.835. The van der Waals surface area contributed by atoms with Crippen molar-refractivity contribution in [3.05, 3.63) is 0 Å². The van der Waals surface area contributed by atoms with E-state index in [1.54, 1.807) is 11.8 Å². The first-order valence-corrected chi connectivity index (χ1v) is 8.07. The van der Waals surface area contributed by atoms with Crippen molar-refractivity contribution >= 4 is 21.6 Å². The third-order valence-electron chi connectivity index (χ3n) is 2.45. The van der Waals surface area contributed by atoms with E-state index >= 15 is 0 Å². The molecule has 1 aliphatic rings. The van der Waals surface area contributed by atoms with E-state index < -0.39 is 9.84 Å². The zero-order chi connectivity index (χ0) is 10.6. The fraction of sp³-hybridized carbons (Fsp3) is 1.00. The highest BCUT2D eigenvalue weighted by Crippen LogP contribution is 2.28. The van der Waals surface area contributed by atoms with E-state index in [-0.39, 0.29) is 17.1 Å². The van der Waals surface area contributed by atoms with Crippen LogP contribution in [0.3, 0.4) is 0 Å². The summed E-state index contributed by atoms with van der Waals surface area (Å²) < 4.78 is 21.8. The van der Waals surface area contributed by atoms with Crippen molar-refractivity contribution in [3.63, 3.8) is 0 Å². The van der Waals surface area contributed by atoms with Crippen LogP contribution in [0, 0.1) is 0 Å². The van der Waals surface area contributed by atoms with Crippen LogP contribution in [0.2, 0.25) is 0 Å². The van der Waals surface area contributed by atoms with Crippen LogP contribution in [0.4, 0.5) is 0 Å². The molecule has 1 saturated carbocycles. The van der Waals surface area contributed by atoms with Crippen molar-refractivity contribution in [3.8, 4) is 0 Å². The highest BCUT2D eigenvalue weighted by Gasteiger charge is 2.23. The third kappa shape index (κ3) is 4.66. The Labute approximate surface area is 90.2 Å². The van der Waals surface area contributed by atoms with E-state index in [9.17, 15) is 13.5 Å². The van der Waals surface area contributed by atoms with Gasteiger partial charge in [-0.1, -0.05) is 12.8 Å². The summed E-state index contributed by atoms with van der Waals surface area (Å²) in [7, 11) is -2.84. The molecule has 0 aliphatic heterocycles. The Hall–Kier alpha value is 0.260. The molecular formula is C9H18O3S2. The Morgan fingerprint density at radius 1 is 1.36 bits per heavy atom. The van der Waals surface area contributed by atoms with Gasteiger partial charge in [0.2, 0.25) is 0 Å². The number of hydrogen-bond acceptors (Lipinski definition) is 4. The smallest absolute Gasteiger partial charge is 0.148 e. The average molecular weight is 238 g/mol. The van der Waals surface area contributed by atoms with Crippen molar-refractivity contribution in [1.82, 2.24) is 0 Å². The molecule has 1 aliphatic carbocycles. The number of hydrogen-bond donors (Lipinski definition) is 1. The molecule has 0 aromatic heterocycles. The second-order valence-electron chi connectivity index (χ2n) is 3.89. The van der Waals surface area contributed by atoms with Gasteiger partial charge in [-0.3, -0.25) is 0 Å². The van der Waals surface area contributed by atoms with E-state index in [1.807, 2.05) is 0 Å². The zero-order valence-corrected chi connectivity index (χ0v) is 10.1. The van der Waals surface area contributed by atoms with Gasteiger partial charge in [0.15, 0.2) is 0 Å². The summed E-state index contributed by atoms with van der Waals surface area (Å²) in [6.07, 6.45) is 5.18. The van der Waals surface area contributed by atoms with Gasteiger partial charge in [0.1, 0.15) is 9.84 Å². The molecule has 1 rings (SSSR count). The van der Waals surface area contributed by atoms with Crippen LogP contribution in [-0.2, 0) is 9.84 Å².